The van der Waals surface area contributed by atoms with E-state index in [0.717, 1.165) is 57.7 Å². The first-order chi connectivity index (χ1) is 12.0. The summed E-state index contributed by atoms with van der Waals surface area (Å²) in [5, 5.41) is 7.13. The molecule has 5 heteroatoms. The van der Waals surface area contributed by atoms with Crippen LogP contribution >= 0.6 is 0 Å². The quantitative estimate of drug-likeness (QED) is 0.861. The van der Waals surface area contributed by atoms with Gasteiger partial charge in [0.25, 0.3) is 0 Å². The van der Waals surface area contributed by atoms with Crippen molar-refractivity contribution in [3.05, 3.63) is 30.3 Å². The molecule has 0 aliphatic carbocycles. The van der Waals surface area contributed by atoms with E-state index in [-0.39, 0.29) is 5.91 Å². The fourth-order valence-electron chi connectivity index (χ4n) is 3.83. The Morgan fingerprint density at radius 2 is 1.84 bits per heavy atom. The van der Waals surface area contributed by atoms with E-state index >= 15 is 0 Å². The van der Waals surface area contributed by atoms with Gasteiger partial charge in [-0.15, -0.1) is 0 Å². The van der Waals surface area contributed by atoms with Crippen LogP contribution in [0, 0.1) is 0 Å². The molecule has 25 heavy (non-hydrogen) atoms. The van der Waals surface area contributed by atoms with Gasteiger partial charge >= 0.3 is 0 Å². The number of nitrogens with one attached hydrogen (secondary N) is 2. The number of amides is 1. The van der Waals surface area contributed by atoms with Gasteiger partial charge in [-0.25, -0.2) is 0 Å². The molecule has 0 aromatic heterocycles. The smallest absolute Gasteiger partial charge is 0.247 e. The SMILES string of the molecule is CC(C)(Nc1ccccc1)C(=O)N1CCCC(NC2CCOCC2)C1. The van der Waals surface area contributed by atoms with Crippen molar-refractivity contribution in [2.45, 2.75) is 57.2 Å². The lowest BCUT2D eigenvalue weighted by atomic mass is 9.97. The van der Waals surface area contributed by atoms with Crippen molar-refractivity contribution in [3.8, 4) is 0 Å². The predicted molar refractivity (Wildman–Crippen MR) is 101 cm³/mol. The van der Waals surface area contributed by atoms with E-state index in [1.807, 2.05) is 49.1 Å². The highest BCUT2D eigenvalue weighted by Gasteiger charge is 2.35. The Bertz CT molecular complexity index is 555. The number of carbonyl (C=O) groups is 1. The van der Waals surface area contributed by atoms with Crippen LogP contribution in [0.3, 0.4) is 0 Å². The van der Waals surface area contributed by atoms with Crippen molar-refractivity contribution in [2.24, 2.45) is 0 Å². The molecule has 0 spiro atoms. The van der Waals surface area contributed by atoms with Crippen LogP contribution in [0.25, 0.3) is 0 Å². The lowest BCUT2D eigenvalue weighted by Gasteiger charge is -2.40. The van der Waals surface area contributed by atoms with Gasteiger partial charge in [-0.05, 0) is 51.7 Å². The number of benzene rings is 1. The molecule has 0 saturated carbocycles. The van der Waals surface area contributed by atoms with Crippen LogP contribution in [0.4, 0.5) is 5.69 Å². The lowest BCUT2D eigenvalue weighted by Crippen LogP contribution is -2.57. The molecule has 2 heterocycles. The van der Waals surface area contributed by atoms with Gasteiger partial charge < -0.3 is 20.3 Å². The average molecular weight is 345 g/mol. The van der Waals surface area contributed by atoms with Crippen molar-refractivity contribution in [1.29, 1.82) is 0 Å². The second kappa shape index (κ2) is 8.19. The van der Waals surface area contributed by atoms with Crippen molar-refractivity contribution in [2.75, 3.05) is 31.6 Å². The van der Waals surface area contributed by atoms with Gasteiger partial charge in [-0.1, -0.05) is 18.2 Å². The summed E-state index contributed by atoms with van der Waals surface area (Å²) >= 11 is 0. The molecule has 2 aliphatic heterocycles. The number of para-hydroxylation sites is 1. The second-order valence-corrected chi connectivity index (χ2v) is 7.76. The molecule has 1 atom stereocenters. The van der Waals surface area contributed by atoms with Gasteiger partial charge in [0, 0.05) is 44.1 Å². The molecular weight excluding hydrogens is 314 g/mol. The first-order valence-corrected chi connectivity index (χ1v) is 9.51. The Hall–Kier alpha value is -1.59. The molecule has 2 aliphatic rings. The summed E-state index contributed by atoms with van der Waals surface area (Å²) in [4.78, 5) is 15.1. The third kappa shape index (κ3) is 4.95. The van der Waals surface area contributed by atoms with E-state index in [1.165, 1.54) is 0 Å². The third-order valence-corrected chi connectivity index (χ3v) is 5.17. The van der Waals surface area contributed by atoms with Crippen LogP contribution in [0.5, 0.6) is 0 Å². The van der Waals surface area contributed by atoms with Crippen LogP contribution in [0.2, 0.25) is 0 Å². The van der Waals surface area contributed by atoms with Gasteiger partial charge in [0.15, 0.2) is 0 Å². The van der Waals surface area contributed by atoms with E-state index in [0.29, 0.717) is 12.1 Å². The van der Waals surface area contributed by atoms with E-state index < -0.39 is 5.54 Å². The number of nitrogens with zero attached hydrogens (tertiary/aromatic N) is 1. The van der Waals surface area contributed by atoms with E-state index in [1.54, 1.807) is 0 Å². The Morgan fingerprint density at radius 3 is 2.56 bits per heavy atom. The van der Waals surface area contributed by atoms with Crippen molar-refractivity contribution in [3.63, 3.8) is 0 Å². The van der Waals surface area contributed by atoms with Gasteiger partial charge in [0.1, 0.15) is 5.54 Å². The fourth-order valence-corrected chi connectivity index (χ4v) is 3.83. The topological polar surface area (TPSA) is 53.6 Å². The molecule has 138 valence electrons. The van der Waals surface area contributed by atoms with Crippen LogP contribution in [0.15, 0.2) is 30.3 Å². The zero-order valence-corrected chi connectivity index (χ0v) is 15.5. The molecule has 2 saturated heterocycles. The number of ether oxygens (including phenoxy) is 1. The van der Waals surface area contributed by atoms with Crippen molar-refractivity contribution in [1.82, 2.24) is 10.2 Å². The largest absolute Gasteiger partial charge is 0.381 e. The summed E-state index contributed by atoms with van der Waals surface area (Å²) in [6.45, 7) is 7.29. The van der Waals surface area contributed by atoms with Crippen LogP contribution in [-0.2, 0) is 9.53 Å². The summed E-state index contributed by atoms with van der Waals surface area (Å²) in [7, 11) is 0. The summed E-state index contributed by atoms with van der Waals surface area (Å²) in [5.74, 6) is 0.176. The maximum Gasteiger partial charge on any atom is 0.247 e. The number of likely N-dealkylation sites (tertiary alicyclic amines) is 1. The standard InChI is InChI=1S/C20H31N3O2/c1-20(2,22-17-7-4-3-5-8-17)19(24)23-12-6-9-18(15-23)21-16-10-13-25-14-11-16/h3-5,7-8,16,18,21-22H,6,9-15H2,1-2H3. The van der Waals surface area contributed by atoms with Gasteiger partial charge in [-0.2, -0.15) is 0 Å². The molecular formula is C20H31N3O2. The van der Waals surface area contributed by atoms with Crippen LogP contribution in [0.1, 0.15) is 39.5 Å². The van der Waals surface area contributed by atoms with E-state index in [2.05, 4.69) is 10.6 Å². The second-order valence-electron chi connectivity index (χ2n) is 7.76. The van der Waals surface area contributed by atoms with E-state index in [4.69, 9.17) is 4.74 Å². The highest BCUT2D eigenvalue weighted by molar-refractivity contribution is 5.88. The molecule has 1 aromatic carbocycles. The molecule has 0 bridgehead atoms. The van der Waals surface area contributed by atoms with Crippen LogP contribution < -0.4 is 10.6 Å². The van der Waals surface area contributed by atoms with Gasteiger partial charge in [0.05, 0.1) is 0 Å². The summed E-state index contributed by atoms with van der Waals surface area (Å²) < 4.78 is 5.44. The Morgan fingerprint density at radius 1 is 1.12 bits per heavy atom. The van der Waals surface area contributed by atoms with Crippen molar-refractivity contribution < 1.29 is 9.53 Å². The fraction of sp³-hybridized carbons (Fsp3) is 0.650. The minimum absolute atomic E-state index is 0.176. The highest BCUT2D eigenvalue weighted by atomic mass is 16.5. The van der Waals surface area contributed by atoms with Gasteiger partial charge in [0.2, 0.25) is 5.91 Å². The number of carbonyl (C=O) groups excluding carboxylic acids is 1. The normalized spacial score (nSPS) is 22.6. The number of anilines is 1. The lowest BCUT2D eigenvalue weighted by molar-refractivity contribution is -0.136. The van der Waals surface area contributed by atoms with Crippen molar-refractivity contribution >= 4 is 11.6 Å². The van der Waals surface area contributed by atoms with E-state index in [9.17, 15) is 4.79 Å². The number of rotatable bonds is 5. The Kier molecular flexibility index (Phi) is 5.97. The number of hydrogen-bond acceptors (Lipinski definition) is 4. The molecule has 1 amide bonds. The summed E-state index contributed by atoms with van der Waals surface area (Å²) in [6, 6.07) is 10.9. The minimum Gasteiger partial charge on any atom is -0.381 e. The molecule has 3 rings (SSSR count). The summed E-state index contributed by atoms with van der Waals surface area (Å²) in [6.07, 6.45) is 4.36. The molecule has 2 N–H and O–H groups in total. The first kappa shape index (κ1) is 18.2. The Labute approximate surface area is 151 Å². The van der Waals surface area contributed by atoms with Gasteiger partial charge in [-0.3, -0.25) is 4.79 Å². The molecule has 5 nitrogen and oxygen atoms in total. The maximum atomic E-state index is 13.1. The predicted octanol–water partition coefficient (Wildman–Crippen LogP) is 2.64. The molecule has 1 unspecified atom stereocenters. The molecule has 0 radical (unpaired) electrons. The number of piperidine rings is 1. The average Bonchev–Trinajstić information content (AvgIpc) is 2.62. The molecule has 2 fully saturated rings. The van der Waals surface area contributed by atoms with Crippen LogP contribution in [-0.4, -0.2) is 54.7 Å². The zero-order chi connectivity index (χ0) is 17.7. The third-order valence-electron chi connectivity index (χ3n) is 5.17. The highest BCUT2D eigenvalue weighted by Crippen LogP contribution is 2.21. The zero-order valence-electron chi connectivity index (χ0n) is 15.5. The monoisotopic (exact) mass is 345 g/mol. The molecule has 1 aromatic rings. The first-order valence-electron chi connectivity index (χ1n) is 9.51. The minimum atomic E-state index is -0.609. The number of hydrogen-bond donors (Lipinski definition) is 2. The summed E-state index contributed by atoms with van der Waals surface area (Å²) in [5.41, 5.74) is 0.372. The maximum absolute atomic E-state index is 13.1. The Balaban J connectivity index is 1.56.